The van der Waals surface area contributed by atoms with Crippen molar-refractivity contribution in [1.82, 2.24) is 9.80 Å². The number of rotatable bonds is 8. The molecule has 0 aliphatic carbocycles. The number of hydrogen-bond donors (Lipinski definition) is 1. The number of piperazine rings is 1. The summed E-state index contributed by atoms with van der Waals surface area (Å²) in [6, 6.07) is 20.5. The second-order valence-electron chi connectivity index (χ2n) is 7.04. The third-order valence-corrected chi connectivity index (χ3v) is 5.42. The molecule has 27 heavy (non-hydrogen) atoms. The van der Waals surface area contributed by atoms with Crippen molar-refractivity contribution < 1.29 is 4.79 Å². The molecule has 0 spiro atoms. The normalized spacial score (nSPS) is 15.6. The summed E-state index contributed by atoms with van der Waals surface area (Å²) in [5.74, 6) is 0. The Morgan fingerprint density at radius 2 is 1.41 bits per heavy atom. The molecule has 0 N–H and O–H groups in total. The second kappa shape index (κ2) is 10.5. The van der Waals surface area contributed by atoms with E-state index in [9.17, 15) is 4.79 Å². The minimum absolute atomic E-state index is 0.188. The lowest BCUT2D eigenvalue weighted by Gasteiger charge is -2.35. The summed E-state index contributed by atoms with van der Waals surface area (Å²) in [4.78, 5) is 18.6. The van der Waals surface area contributed by atoms with Gasteiger partial charge in [0.15, 0.2) is 0 Å². The number of para-hydroxylation sites is 1. The quantitative estimate of drug-likeness (QED) is 0.703. The van der Waals surface area contributed by atoms with Gasteiger partial charge in [0.2, 0.25) is 0 Å². The number of amides is 1. The van der Waals surface area contributed by atoms with Gasteiger partial charge in [-0.25, -0.2) is 0 Å². The minimum Gasteiger partial charge on any atom is -0.303 e. The average molecular weight is 384 g/mol. The zero-order chi connectivity index (χ0) is 18.9. The van der Waals surface area contributed by atoms with E-state index in [0.29, 0.717) is 6.54 Å². The van der Waals surface area contributed by atoms with E-state index in [0.717, 1.165) is 57.8 Å². The molecule has 0 radical (unpaired) electrons. The molecule has 1 aliphatic rings. The van der Waals surface area contributed by atoms with Crippen LogP contribution in [0.15, 0.2) is 60.7 Å². The highest BCUT2D eigenvalue weighted by Gasteiger charge is 2.17. The van der Waals surface area contributed by atoms with Gasteiger partial charge in [0.25, 0.3) is 5.24 Å². The Hall–Kier alpha value is -1.82. The molecular formula is C22H29N3OS. The second-order valence-corrected chi connectivity index (χ2v) is 7.42. The number of anilines is 1. The maximum atomic E-state index is 11.8. The van der Waals surface area contributed by atoms with Gasteiger partial charge in [0.1, 0.15) is 0 Å². The Morgan fingerprint density at radius 3 is 2.00 bits per heavy atom. The molecule has 0 unspecified atom stereocenters. The SMILES string of the molecule is O=C(S)N(CCCN1CCN(CCc2ccccc2)CC1)c1ccccc1. The maximum Gasteiger partial charge on any atom is 0.282 e. The minimum atomic E-state index is -0.188. The first-order valence-corrected chi connectivity index (χ1v) is 10.2. The molecule has 1 amide bonds. The highest BCUT2D eigenvalue weighted by Crippen LogP contribution is 2.16. The molecule has 0 atom stereocenters. The predicted molar refractivity (Wildman–Crippen MR) is 116 cm³/mol. The summed E-state index contributed by atoms with van der Waals surface area (Å²) in [6.07, 6.45) is 2.09. The van der Waals surface area contributed by atoms with Crippen molar-refractivity contribution in [2.45, 2.75) is 12.8 Å². The summed E-state index contributed by atoms with van der Waals surface area (Å²) in [5.41, 5.74) is 2.33. The van der Waals surface area contributed by atoms with Crippen molar-refractivity contribution in [3.05, 3.63) is 66.2 Å². The third kappa shape index (κ3) is 6.38. The molecule has 0 bridgehead atoms. The fourth-order valence-electron chi connectivity index (χ4n) is 3.56. The standard InChI is InChI=1S/C22H29N3OS/c26-22(27)25(21-10-5-2-6-11-21)14-7-13-23-16-18-24(19-17-23)15-12-20-8-3-1-4-9-20/h1-6,8-11H,7,12-19H2,(H,26,27). The molecule has 1 aliphatic heterocycles. The van der Waals surface area contributed by atoms with Crippen LogP contribution in [-0.4, -0.2) is 60.9 Å². The van der Waals surface area contributed by atoms with Gasteiger partial charge in [-0.05, 0) is 37.1 Å². The molecule has 3 rings (SSSR count). The van der Waals surface area contributed by atoms with Gasteiger partial charge in [-0.2, -0.15) is 0 Å². The van der Waals surface area contributed by atoms with Crippen molar-refractivity contribution in [3.63, 3.8) is 0 Å². The Bertz CT molecular complexity index is 687. The van der Waals surface area contributed by atoms with Crippen LogP contribution >= 0.6 is 12.6 Å². The fraction of sp³-hybridized carbons (Fsp3) is 0.409. The summed E-state index contributed by atoms with van der Waals surface area (Å²) in [5, 5.41) is -0.188. The van der Waals surface area contributed by atoms with Gasteiger partial charge >= 0.3 is 0 Å². The summed E-state index contributed by atoms with van der Waals surface area (Å²) < 4.78 is 0. The van der Waals surface area contributed by atoms with Crippen LogP contribution in [0.1, 0.15) is 12.0 Å². The van der Waals surface area contributed by atoms with Gasteiger partial charge in [-0.3, -0.25) is 4.79 Å². The largest absolute Gasteiger partial charge is 0.303 e. The lowest BCUT2D eigenvalue weighted by Crippen LogP contribution is -2.47. The molecule has 4 nitrogen and oxygen atoms in total. The van der Waals surface area contributed by atoms with Gasteiger partial charge in [-0.1, -0.05) is 61.2 Å². The molecule has 0 saturated carbocycles. The van der Waals surface area contributed by atoms with Gasteiger partial charge in [0.05, 0.1) is 0 Å². The van der Waals surface area contributed by atoms with E-state index >= 15 is 0 Å². The molecule has 144 valence electrons. The third-order valence-electron chi connectivity index (χ3n) is 5.18. The van der Waals surface area contributed by atoms with E-state index in [1.165, 1.54) is 5.56 Å². The Kier molecular flexibility index (Phi) is 7.75. The van der Waals surface area contributed by atoms with E-state index in [2.05, 4.69) is 52.8 Å². The maximum absolute atomic E-state index is 11.8. The van der Waals surface area contributed by atoms with Crippen molar-refractivity contribution in [2.75, 3.05) is 50.7 Å². The smallest absolute Gasteiger partial charge is 0.282 e. The van der Waals surface area contributed by atoms with Crippen molar-refractivity contribution >= 4 is 23.6 Å². The van der Waals surface area contributed by atoms with Crippen LogP contribution in [0.4, 0.5) is 10.5 Å². The highest BCUT2D eigenvalue weighted by molar-refractivity contribution is 7.96. The fourth-order valence-corrected chi connectivity index (χ4v) is 3.78. The molecule has 0 aromatic heterocycles. The number of thiol groups is 1. The first-order valence-electron chi connectivity index (χ1n) is 9.76. The first-order chi connectivity index (χ1) is 13.2. The van der Waals surface area contributed by atoms with Crippen LogP contribution < -0.4 is 4.90 Å². The monoisotopic (exact) mass is 383 g/mol. The van der Waals surface area contributed by atoms with Crippen molar-refractivity contribution in [1.29, 1.82) is 0 Å². The Balaban J connectivity index is 1.36. The van der Waals surface area contributed by atoms with E-state index in [1.807, 2.05) is 30.3 Å². The lowest BCUT2D eigenvalue weighted by molar-refractivity contribution is 0.133. The van der Waals surface area contributed by atoms with E-state index in [1.54, 1.807) is 4.90 Å². The molecule has 1 saturated heterocycles. The Morgan fingerprint density at radius 1 is 0.852 bits per heavy atom. The Labute approximate surface area is 168 Å². The molecule has 1 fully saturated rings. The van der Waals surface area contributed by atoms with Gasteiger partial charge < -0.3 is 14.7 Å². The summed E-state index contributed by atoms with van der Waals surface area (Å²) >= 11 is 4.04. The number of hydrogen-bond acceptors (Lipinski definition) is 3. The number of carbonyl (C=O) groups excluding carboxylic acids is 1. The lowest BCUT2D eigenvalue weighted by atomic mass is 10.1. The number of nitrogens with zero attached hydrogens (tertiary/aromatic N) is 3. The summed E-state index contributed by atoms with van der Waals surface area (Å²) in [6.45, 7) is 7.33. The predicted octanol–water partition coefficient (Wildman–Crippen LogP) is 3.79. The van der Waals surface area contributed by atoms with Crippen molar-refractivity contribution in [2.24, 2.45) is 0 Å². The molecule has 2 aromatic carbocycles. The zero-order valence-corrected chi connectivity index (χ0v) is 16.7. The van der Waals surface area contributed by atoms with Crippen LogP contribution in [0.2, 0.25) is 0 Å². The highest BCUT2D eigenvalue weighted by atomic mass is 32.1. The molecule has 5 heteroatoms. The molecule has 2 aromatic rings. The molecular weight excluding hydrogens is 354 g/mol. The van der Waals surface area contributed by atoms with Crippen LogP contribution in [-0.2, 0) is 6.42 Å². The van der Waals surface area contributed by atoms with Crippen molar-refractivity contribution in [3.8, 4) is 0 Å². The summed E-state index contributed by atoms with van der Waals surface area (Å²) in [7, 11) is 0. The van der Waals surface area contributed by atoms with E-state index < -0.39 is 0 Å². The van der Waals surface area contributed by atoms with Gasteiger partial charge in [-0.15, -0.1) is 0 Å². The zero-order valence-electron chi connectivity index (χ0n) is 15.8. The van der Waals surface area contributed by atoms with E-state index in [4.69, 9.17) is 0 Å². The molecule has 1 heterocycles. The number of carbonyl (C=O) groups is 1. The van der Waals surface area contributed by atoms with Crippen LogP contribution in [0.3, 0.4) is 0 Å². The van der Waals surface area contributed by atoms with E-state index in [-0.39, 0.29) is 5.24 Å². The van der Waals surface area contributed by atoms with Crippen LogP contribution in [0, 0.1) is 0 Å². The van der Waals surface area contributed by atoms with Gasteiger partial charge in [0, 0.05) is 45.0 Å². The first kappa shape index (κ1) is 19.9. The van der Waals surface area contributed by atoms with Crippen LogP contribution in [0.25, 0.3) is 0 Å². The average Bonchev–Trinajstić information content (AvgIpc) is 2.72. The topological polar surface area (TPSA) is 26.8 Å². The van der Waals surface area contributed by atoms with Crippen LogP contribution in [0.5, 0.6) is 0 Å². The number of benzene rings is 2.